The molecule has 1 fully saturated rings. The molecule has 22 heavy (non-hydrogen) atoms. The van der Waals surface area contributed by atoms with E-state index in [2.05, 4.69) is 65.5 Å². The summed E-state index contributed by atoms with van der Waals surface area (Å²) in [6.45, 7) is 15.6. The normalized spacial score (nSPS) is 28.8. The van der Waals surface area contributed by atoms with Gasteiger partial charge in [-0.25, -0.2) is 0 Å². The van der Waals surface area contributed by atoms with Gasteiger partial charge in [0.15, 0.2) is 0 Å². The van der Waals surface area contributed by atoms with Gasteiger partial charge in [0.05, 0.1) is 0 Å². The van der Waals surface area contributed by atoms with Gasteiger partial charge in [0.2, 0.25) is 0 Å². The monoisotopic (exact) mass is 346 g/mol. The molecule has 2 unspecified atom stereocenters. The molecule has 1 nitrogen and oxygen atoms in total. The van der Waals surface area contributed by atoms with Gasteiger partial charge in [-0.3, -0.25) is 0 Å². The van der Waals surface area contributed by atoms with Gasteiger partial charge in [-0.1, -0.05) is 57.6 Å². The van der Waals surface area contributed by atoms with Crippen LogP contribution in [0.4, 0.5) is 0 Å². The van der Waals surface area contributed by atoms with Crippen molar-refractivity contribution in [3.05, 3.63) is 53.5 Å². The predicted octanol–water partition coefficient (Wildman–Crippen LogP) is 5.21. The summed E-state index contributed by atoms with van der Waals surface area (Å²) >= 11 is 0. The molecule has 2 aliphatic rings. The Bertz CT molecular complexity index is 484. The molecule has 0 bridgehead atoms. The molecular weight excluding hydrogens is 315 g/mol. The van der Waals surface area contributed by atoms with E-state index in [4.69, 9.17) is 0 Å². The first-order valence-corrected chi connectivity index (χ1v) is 7.96. The Morgan fingerprint density at radius 3 is 2.64 bits per heavy atom. The molecule has 1 saturated carbocycles. The zero-order valence-corrected chi connectivity index (χ0v) is 15.7. The van der Waals surface area contributed by atoms with Gasteiger partial charge in [0, 0.05) is 0 Å². The van der Waals surface area contributed by atoms with E-state index in [-0.39, 0.29) is 27.7 Å². The second-order valence-corrected chi connectivity index (χ2v) is 7.07. The fraction of sp³-hybridized carbons (Fsp3) is 0.550. The molecule has 2 heteroatoms. The maximum atomic E-state index is 4.12. The van der Waals surface area contributed by atoms with Crippen LogP contribution in [0.5, 0.6) is 0 Å². The Balaban J connectivity index is 0.00000220. The number of hydrogen-bond donors (Lipinski definition) is 0. The van der Waals surface area contributed by atoms with Gasteiger partial charge in [-0.15, -0.1) is 12.0 Å². The Morgan fingerprint density at radius 2 is 2.09 bits per heavy atom. The van der Waals surface area contributed by atoms with Crippen LogP contribution in [0.1, 0.15) is 53.9 Å². The molecule has 1 radical (unpaired) electrons. The van der Waals surface area contributed by atoms with E-state index in [1.165, 1.54) is 36.0 Å². The average Bonchev–Trinajstić information content (AvgIpc) is 2.37. The third kappa shape index (κ3) is 3.84. The van der Waals surface area contributed by atoms with E-state index < -0.39 is 0 Å². The van der Waals surface area contributed by atoms with Crippen molar-refractivity contribution in [2.24, 2.45) is 17.3 Å². The standard InChI is InChI=1S/C20H29.Co.H2O/c1-7-18-17(13-16(5)14(2)3)10-11-19-15(4)9-8-12-20(18,19)6;;/h7,10-11,13-14,19H,1,8-9,12H2,2-6H3;;1H2/q-1;+2;/b16-13+;;. The van der Waals surface area contributed by atoms with Crippen molar-refractivity contribution in [2.45, 2.75) is 53.9 Å². The van der Waals surface area contributed by atoms with Crippen molar-refractivity contribution in [2.75, 3.05) is 0 Å². The van der Waals surface area contributed by atoms with Gasteiger partial charge in [-0.05, 0) is 35.8 Å². The molecule has 0 aromatic carbocycles. The zero-order valence-electron chi connectivity index (χ0n) is 14.6. The molecule has 2 rings (SSSR count). The van der Waals surface area contributed by atoms with Crippen LogP contribution in [-0.4, -0.2) is 5.48 Å². The average molecular weight is 346 g/mol. The molecule has 0 heterocycles. The summed E-state index contributed by atoms with van der Waals surface area (Å²) in [5.41, 5.74) is 4.52. The predicted molar refractivity (Wildman–Crippen MR) is 92.9 cm³/mol. The first-order valence-electron chi connectivity index (χ1n) is 7.96. The van der Waals surface area contributed by atoms with Gasteiger partial charge in [0.1, 0.15) is 0 Å². The van der Waals surface area contributed by atoms with Crippen molar-refractivity contribution in [1.82, 2.24) is 0 Å². The van der Waals surface area contributed by atoms with E-state index in [1.54, 1.807) is 5.92 Å². The van der Waals surface area contributed by atoms with Crippen molar-refractivity contribution < 1.29 is 22.3 Å². The van der Waals surface area contributed by atoms with Crippen LogP contribution in [0.3, 0.4) is 0 Å². The van der Waals surface area contributed by atoms with Gasteiger partial charge in [0.25, 0.3) is 0 Å². The Kier molecular flexibility index (Phi) is 8.11. The van der Waals surface area contributed by atoms with Gasteiger partial charge < -0.3 is 11.4 Å². The molecule has 0 aromatic heterocycles. The first-order chi connectivity index (χ1) is 9.40. The Hall–Kier alpha value is -0.574. The van der Waals surface area contributed by atoms with Crippen molar-refractivity contribution >= 4 is 0 Å². The minimum absolute atomic E-state index is 0. The van der Waals surface area contributed by atoms with Crippen LogP contribution in [0.2, 0.25) is 0 Å². The number of rotatable bonds is 3. The third-order valence-electron chi connectivity index (χ3n) is 5.38. The maximum Gasteiger partial charge on any atom is 2.00 e. The quantitative estimate of drug-likeness (QED) is 0.628. The summed E-state index contributed by atoms with van der Waals surface area (Å²) < 4.78 is 0. The summed E-state index contributed by atoms with van der Waals surface area (Å²) in [7, 11) is 0. The molecule has 125 valence electrons. The zero-order chi connectivity index (χ0) is 14.9. The van der Waals surface area contributed by atoms with Gasteiger partial charge >= 0.3 is 16.8 Å². The molecule has 0 amide bonds. The topological polar surface area (TPSA) is 31.5 Å². The van der Waals surface area contributed by atoms with E-state index >= 15 is 0 Å². The second kappa shape index (κ2) is 8.33. The molecule has 0 aromatic rings. The first kappa shape index (κ1) is 21.4. The molecule has 2 atom stereocenters. The molecule has 0 saturated heterocycles. The summed E-state index contributed by atoms with van der Waals surface area (Å²) in [4.78, 5) is 0. The third-order valence-corrected chi connectivity index (χ3v) is 5.38. The van der Waals surface area contributed by atoms with E-state index in [0.29, 0.717) is 11.8 Å². The number of allylic oxidation sites excluding steroid dienone is 7. The van der Waals surface area contributed by atoms with Crippen LogP contribution >= 0.6 is 0 Å². The molecule has 2 aliphatic carbocycles. The summed E-state index contributed by atoms with van der Waals surface area (Å²) in [5, 5.41) is 0. The van der Waals surface area contributed by atoms with Crippen LogP contribution in [-0.2, 0) is 16.8 Å². The number of hydrogen-bond acceptors (Lipinski definition) is 0. The fourth-order valence-electron chi connectivity index (χ4n) is 3.78. The summed E-state index contributed by atoms with van der Waals surface area (Å²) in [5.74, 6) is 2.84. The SMILES string of the molecule is C=CC1=C(/C=C(\C)C(C)C)C=CC2[C-](C)CCCC12C.O.[Co+2]. The molecule has 0 spiro atoms. The molecular formula is C20H31CoO+. The smallest absolute Gasteiger partial charge is 0.412 e. The van der Waals surface area contributed by atoms with Crippen LogP contribution in [0.25, 0.3) is 0 Å². The fourth-order valence-corrected chi connectivity index (χ4v) is 3.78. The second-order valence-electron chi connectivity index (χ2n) is 7.07. The van der Waals surface area contributed by atoms with Gasteiger partial charge in [-0.2, -0.15) is 13.3 Å². The summed E-state index contributed by atoms with van der Waals surface area (Å²) in [6, 6.07) is 0. The minimum atomic E-state index is 0. The van der Waals surface area contributed by atoms with E-state index in [1.807, 2.05) is 0 Å². The van der Waals surface area contributed by atoms with Crippen LogP contribution in [0.15, 0.2) is 47.6 Å². The Labute approximate surface area is 147 Å². The van der Waals surface area contributed by atoms with E-state index in [9.17, 15) is 0 Å². The van der Waals surface area contributed by atoms with Crippen LogP contribution < -0.4 is 0 Å². The van der Waals surface area contributed by atoms with Crippen LogP contribution in [0, 0.1) is 23.2 Å². The molecule has 2 N–H and O–H groups in total. The summed E-state index contributed by atoms with van der Waals surface area (Å²) in [6.07, 6.45) is 13.1. The van der Waals surface area contributed by atoms with Crippen molar-refractivity contribution in [3.63, 3.8) is 0 Å². The maximum absolute atomic E-state index is 4.12. The Morgan fingerprint density at radius 1 is 1.45 bits per heavy atom. The van der Waals surface area contributed by atoms with Crippen molar-refractivity contribution in [1.29, 1.82) is 0 Å². The molecule has 0 aliphatic heterocycles. The minimum Gasteiger partial charge on any atom is -0.412 e. The largest absolute Gasteiger partial charge is 2.00 e. The number of fused-ring (bicyclic) bond motifs is 1. The van der Waals surface area contributed by atoms with E-state index in [0.717, 1.165) is 0 Å². The van der Waals surface area contributed by atoms with Crippen molar-refractivity contribution in [3.8, 4) is 0 Å².